The van der Waals surface area contributed by atoms with Gasteiger partial charge in [0.2, 0.25) is 0 Å². The number of benzene rings is 1. The third kappa shape index (κ3) is 5.91. The SMILES string of the molecule is C/C=C(\C(NC(=O)c1cc(C(=O)NC)nc2cc(F)c(Cl)cc12)=C(\C)CCc1ncco1)C(F)(F)F. The Balaban J connectivity index is 2.11. The van der Waals surface area contributed by atoms with Gasteiger partial charge in [-0.1, -0.05) is 17.7 Å². The lowest BCUT2D eigenvalue weighted by Crippen LogP contribution is -2.30. The molecule has 36 heavy (non-hydrogen) atoms. The third-order valence-corrected chi connectivity index (χ3v) is 5.57. The van der Waals surface area contributed by atoms with Crippen molar-refractivity contribution in [2.75, 3.05) is 7.05 Å². The summed E-state index contributed by atoms with van der Waals surface area (Å²) in [5, 5.41) is 4.40. The molecule has 1 aromatic carbocycles. The van der Waals surface area contributed by atoms with Crippen LogP contribution in [0.25, 0.3) is 10.9 Å². The minimum absolute atomic E-state index is 0.0531. The van der Waals surface area contributed by atoms with Crippen molar-refractivity contribution in [2.24, 2.45) is 0 Å². The van der Waals surface area contributed by atoms with Crippen molar-refractivity contribution in [3.63, 3.8) is 0 Å². The van der Waals surface area contributed by atoms with Crippen molar-refractivity contribution in [1.82, 2.24) is 20.6 Å². The van der Waals surface area contributed by atoms with E-state index < -0.39 is 35.1 Å². The smallest absolute Gasteiger partial charge is 0.418 e. The van der Waals surface area contributed by atoms with Gasteiger partial charge in [0.05, 0.1) is 33.6 Å². The number of amides is 2. The highest BCUT2D eigenvalue weighted by molar-refractivity contribution is 6.31. The van der Waals surface area contributed by atoms with Gasteiger partial charge in [0.1, 0.15) is 17.8 Å². The fourth-order valence-corrected chi connectivity index (χ4v) is 3.65. The summed E-state index contributed by atoms with van der Waals surface area (Å²) in [4.78, 5) is 33.5. The molecule has 190 valence electrons. The zero-order chi connectivity index (χ0) is 26.6. The number of hydrogen-bond donors (Lipinski definition) is 2. The van der Waals surface area contributed by atoms with E-state index >= 15 is 0 Å². The highest BCUT2D eigenvalue weighted by Gasteiger charge is 2.37. The highest BCUT2D eigenvalue weighted by atomic mass is 35.5. The minimum Gasteiger partial charge on any atom is -0.449 e. The van der Waals surface area contributed by atoms with Crippen LogP contribution in [0.5, 0.6) is 0 Å². The van der Waals surface area contributed by atoms with E-state index in [0.29, 0.717) is 5.89 Å². The molecule has 7 nitrogen and oxygen atoms in total. The largest absolute Gasteiger partial charge is 0.449 e. The second-order valence-electron chi connectivity index (χ2n) is 7.65. The summed E-state index contributed by atoms with van der Waals surface area (Å²) in [5.41, 5.74) is -1.82. The van der Waals surface area contributed by atoms with E-state index in [9.17, 15) is 27.2 Å². The molecule has 0 aliphatic heterocycles. The van der Waals surface area contributed by atoms with Gasteiger partial charge in [-0.3, -0.25) is 9.59 Å². The summed E-state index contributed by atoms with van der Waals surface area (Å²) >= 11 is 5.88. The molecule has 0 spiro atoms. The topological polar surface area (TPSA) is 97.1 Å². The molecular weight excluding hydrogens is 504 g/mol. The van der Waals surface area contributed by atoms with E-state index in [4.69, 9.17) is 16.0 Å². The van der Waals surface area contributed by atoms with Crippen molar-refractivity contribution in [3.8, 4) is 0 Å². The first-order chi connectivity index (χ1) is 17.0. The van der Waals surface area contributed by atoms with Crippen LogP contribution in [0.3, 0.4) is 0 Å². The van der Waals surface area contributed by atoms with E-state index in [1.54, 1.807) is 0 Å². The normalized spacial score (nSPS) is 12.9. The van der Waals surface area contributed by atoms with Crippen molar-refractivity contribution < 1.29 is 31.6 Å². The van der Waals surface area contributed by atoms with Crippen molar-refractivity contribution in [2.45, 2.75) is 32.9 Å². The predicted molar refractivity (Wildman–Crippen MR) is 125 cm³/mol. The van der Waals surface area contributed by atoms with E-state index in [1.807, 2.05) is 0 Å². The molecule has 3 rings (SSSR count). The quantitative estimate of drug-likeness (QED) is 0.313. The number of allylic oxidation sites excluding steroid dienone is 3. The molecule has 0 radical (unpaired) electrons. The summed E-state index contributed by atoms with van der Waals surface area (Å²) in [6.45, 7) is 2.64. The molecule has 0 saturated heterocycles. The first kappa shape index (κ1) is 26.9. The van der Waals surface area contributed by atoms with Gasteiger partial charge in [0.25, 0.3) is 11.8 Å². The van der Waals surface area contributed by atoms with Gasteiger partial charge in [-0.15, -0.1) is 0 Å². The number of carbonyl (C=O) groups excluding carboxylic acids is 2. The lowest BCUT2D eigenvalue weighted by Gasteiger charge is -2.20. The highest BCUT2D eigenvalue weighted by Crippen LogP contribution is 2.33. The number of rotatable bonds is 7. The fourth-order valence-electron chi connectivity index (χ4n) is 3.48. The maximum absolute atomic E-state index is 14.1. The van der Waals surface area contributed by atoms with Gasteiger partial charge in [0, 0.05) is 24.9 Å². The Morgan fingerprint density at radius 1 is 1.19 bits per heavy atom. The van der Waals surface area contributed by atoms with Crippen molar-refractivity contribution in [1.29, 1.82) is 0 Å². The predicted octanol–water partition coefficient (Wildman–Crippen LogP) is 5.52. The Bertz CT molecular complexity index is 1370. The molecule has 2 heterocycles. The van der Waals surface area contributed by atoms with Crippen LogP contribution < -0.4 is 10.6 Å². The van der Waals surface area contributed by atoms with Gasteiger partial charge in [0.15, 0.2) is 5.89 Å². The second kappa shape index (κ2) is 10.9. The summed E-state index contributed by atoms with van der Waals surface area (Å²) in [7, 11) is 1.33. The van der Waals surface area contributed by atoms with E-state index in [-0.39, 0.29) is 45.6 Å². The number of aryl methyl sites for hydroxylation is 1. The van der Waals surface area contributed by atoms with E-state index in [1.165, 1.54) is 33.4 Å². The van der Waals surface area contributed by atoms with Gasteiger partial charge >= 0.3 is 6.18 Å². The molecular formula is C24H21ClF4N4O3. The molecule has 0 aliphatic carbocycles. The molecule has 2 N–H and O–H groups in total. The third-order valence-electron chi connectivity index (χ3n) is 5.28. The number of nitrogens with zero attached hydrogens (tertiary/aromatic N) is 2. The number of pyridine rings is 1. The van der Waals surface area contributed by atoms with Crippen LogP contribution in [0, 0.1) is 5.82 Å². The van der Waals surface area contributed by atoms with Gasteiger partial charge < -0.3 is 15.1 Å². The van der Waals surface area contributed by atoms with Crippen LogP contribution in [-0.2, 0) is 6.42 Å². The van der Waals surface area contributed by atoms with Crippen LogP contribution in [0.2, 0.25) is 5.02 Å². The lowest BCUT2D eigenvalue weighted by atomic mass is 10.0. The average Bonchev–Trinajstić information content (AvgIpc) is 3.34. The number of hydrogen-bond acceptors (Lipinski definition) is 5. The fraction of sp³-hybridized carbons (Fsp3) is 0.250. The molecule has 0 unspecified atom stereocenters. The lowest BCUT2D eigenvalue weighted by molar-refractivity contribution is -0.0899. The standard InChI is InChI=1S/C24H21ClF4N4O3/c1-4-15(24(27,28)29)21(12(2)5-6-20-31-7-8-36-20)33-22(34)14-10-19(23(35)30-3)32-18-11-17(26)16(25)9-13(14)18/h4,7-11H,5-6H2,1-3H3,(H,30,35)(H,33,34)/b15-4+,21-12+. The first-order valence-electron chi connectivity index (χ1n) is 10.6. The maximum atomic E-state index is 14.1. The minimum atomic E-state index is -4.78. The molecule has 2 amide bonds. The van der Waals surface area contributed by atoms with E-state index in [2.05, 4.69) is 20.6 Å². The number of aromatic nitrogens is 2. The van der Waals surface area contributed by atoms with Crippen LogP contribution in [0.4, 0.5) is 17.6 Å². The van der Waals surface area contributed by atoms with Gasteiger partial charge in [-0.05, 0) is 38.0 Å². The Morgan fingerprint density at radius 3 is 2.50 bits per heavy atom. The summed E-state index contributed by atoms with van der Waals surface area (Å²) in [6, 6.07) is 3.17. The number of fused-ring (bicyclic) bond motifs is 1. The number of nitrogens with one attached hydrogen (secondary N) is 2. The Morgan fingerprint density at radius 2 is 1.92 bits per heavy atom. The number of alkyl halides is 3. The molecule has 0 atom stereocenters. The Hall–Kier alpha value is -3.73. The number of halogens is 5. The molecule has 0 saturated carbocycles. The molecule has 0 aliphatic rings. The maximum Gasteiger partial charge on any atom is 0.418 e. The van der Waals surface area contributed by atoms with Crippen LogP contribution in [0.15, 0.2) is 58.0 Å². The molecule has 2 aromatic heterocycles. The Labute approximate surface area is 208 Å². The summed E-state index contributed by atoms with van der Waals surface area (Å²) < 4.78 is 60.8. The zero-order valence-corrected chi connectivity index (χ0v) is 20.1. The number of carbonyl (C=O) groups is 2. The molecule has 0 fully saturated rings. The molecule has 0 bridgehead atoms. The summed E-state index contributed by atoms with van der Waals surface area (Å²) in [6.07, 6.45) is -0.881. The van der Waals surface area contributed by atoms with Crippen LogP contribution >= 0.6 is 11.6 Å². The van der Waals surface area contributed by atoms with E-state index in [0.717, 1.165) is 24.3 Å². The Kier molecular flexibility index (Phi) is 8.13. The van der Waals surface area contributed by atoms with Gasteiger partial charge in [-0.2, -0.15) is 13.2 Å². The van der Waals surface area contributed by atoms with Crippen molar-refractivity contribution in [3.05, 3.63) is 81.6 Å². The monoisotopic (exact) mass is 524 g/mol. The van der Waals surface area contributed by atoms with Crippen molar-refractivity contribution >= 4 is 34.3 Å². The average molecular weight is 525 g/mol. The van der Waals surface area contributed by atoms with Crippen LogP contribution in [-0.4, -0.2) is 35.0 Å². The number of oxazole rings is 1. The summed E-state index contributed by atoms with van der Waals surface area (Å²) in [5.74, 6) is -2.16. The molecule has 3 aromatic rings. The van der Waals surface area contributed by atoms with Gasteiger partial charge in [-0.25, -0.2) is 14.4 Å². The van der Waals surface area contributed by atoms with Crippen LogP contribution in [0.1, 0.15) is 47.0 Å². The first-order valence-corrected chi connectivity index (χ1v) is 11.0. The second-order valence-corrected chi connectivity index (χ2v) is 8.06. The molecule has 12 heteroatoms. The zero-order valence-electron chi connectivity index (χ0n) is 19.4.